The first kappa shape index (κ1) is 12.6. The van der Waals surface area contributed by atoms with Gasteiger partial charge in [0.05, 0.1) is 5.69 Å². The van der Waals surface area contributed by atoms with Crippen molar-refractivity contribution in [3.05, 3.63) is 39.9 Å². The van der Waals surface area contributed by atoms with Crippen molar-refractivity contribution in [2.45, 2.75) is 26.2 Å². The van der Waals surface area contributed by atoms with Crippen LogP contribution >= 0.6 is 23.6 Å². The van der Waals surface area contributed by atoms with Gasteiger partial charge < -0.3 is 11.1 Å². The van der Waals surface area contributed by atoms with Crippen LogP contribution in [0.15, 0.2) is 18.2 Å². The predicted octanol–water partition coefficient (Wildman–Crippen LogP) is 3.32. The van der Waals surface area contributed by atoms with Crippen molar-refractivity contribution in [2.24, 2.45) is 5.73 Å². The third kappa shape index (κ3) is 2.48. The number of anilines is 2. The van der Waals surface area contributed by atoms with Gasteiger partial charge in [-0.15, -0.1) is 11.3 Å². The van der Waals surface area contributed by atoms with Crippen LogP contribution in [-0.4, -0.2) is 9.97 Å². The third-order valence-corrected chi connectivity index (χ3v) is 4.63. The molecule has 0 fully saturated rings. The van der Waals surface area contributed by atoms with Gasteiger partial charge in [-0.2, -0.15) is 0 Å². The molecule has 3 rings (SSSR count). The summed E-state index contributed by atoms with van der Waals surface area (Å²) in [5, 5.41) is 4.34. The Morgan fingerprint density at radius 2 is 2.26 bits per heavy atom. The summed E-state index contributed by atoms with van der Waals surface area (Å²) in [6, 6.07) is 6.01. The van der Waals surface area contributed by atoms with E-state index in [0.717, 1.165) is 28.4 Å². The summed E-state index contributed by atoms with van der Waals surface area (Å²) in [4.78, 5) is 6.50. The number of hydrogen-bond acceptors (Lipinski definition) is 4. The Kier molecular flexibility index (Phi) is 3.24. The zero-order chi connectivity index (χ0) is 13.4. The van der Waals surface area contributed by atoms with Gasteiger partial charge in [-0.3, -0.25) is 0 Å². The second kappa shape index (κ2) is 4.90. The molecular weight excluding hydrogens is 274 g/mol. The summed E-state index contributed by atoms with van der Waals surface area (Å²) in [7, 11) is 0. The Balaban J connectivity index is 1.83. The van der Waals surface area contributed by atoms with Crippen LogP contribution in [0, 0.1) is 6.92 Å². The number of aromatic nitrogens is 1. The lowest BCUT2D eigenvalue weighted by atomic mass is 10.1. The van der Waals surface area contributed by atoms with E-state index in [1.165, 1.54) is 23.4 Å². The van der Waals surface area contributed by atoms with Crippen molar-refractivity contribution in [3.63, 3.8) is 0 Å². The first-order valence-electron chi connectivity index (χ1n) is 6.29. The van der Waals surface area contributed by atoms with Crippen LogP contribution in [0.2, 0.25) is 0 Å². The van der Waals surface area contributed by atoms with Gasteiger partial charge in [0.25, 0.3) is 0 Å². The zero-order valence-electron chi connectivity index (χ0n) is 10.7. The molecule has 0 amide bonds. The molecule has 2 aromatic rings. The fraction of sp³-hybridized carbons (Fsp3) is 0.286. The molecule has 1 aliphatic rings. The highest BCUT2D eigenvalue weighted by molar-refractivity contribution is 7.80. The molecule has 0 unspecified atom stereocenters. The summed E-state index contributed by atoms with van der Waals surface area (Å²) < 4.78 is 0. The van der Waals surface area contributed by atoms with Gasteiger partial charge in [0, 0.05) is 16.1 Å². The van der Waals surface area contributed by atoms with Crippen LogP contribution in [0.25, 0.3) is 0 Å². The Bertz CT molecular complexity index is 625. The second-order valence-electron chi connectivity index (χ2n) is 4.76. The molecule has 0 aliphatic heterocycles. The molecule has 0 atom stereocenters. The highest BCUT2D eigenvalue weighted by Crippen LogP contribution is 2.32. The van der Waals surface area contributed by atoms with Crippen LogP contribution in [-0.2, 0) is 12.8 Å². The van der Waals surface area contributed by atoms with E-state index in [1.807, 2.05) is 19.1 Å². The number of hydrogen-bond donors (Lipinski definition) is 2. The summed E-state index contributed by atoms with van der Waals surface area (Å²) in [5.41, 5.74) is 9.98. The first-order valence-corrected chi connectivity index (χ1v) is 7.52. The van der Waals surface area contributed by atoms with Crippen molar-refractivity contribution in [3.8, 4) is 0 Å². The number of aryl methyl sites for hydroxylation is 3. The van der Waals surface area contributed by atoms with Crippen molar-refractivity contribution < 1.29 is 0 Å². The molecule has 1 heterocycles. The van der Waals surface area contributed by atoms with E-state index >= 15 is 0 Å². The Hall–Kier alpha value is -1.46. The molecular formula is C14H15N3S2. The lowest BCUT2D eigenvalue weighted by Crippen LogP contribution is -2.11. The van der Waals surface area contributed by atoms with Gasteiger partial charge in [-0.1, -0.05) is 12.2 Å². The average Bonchev–Trinajstić information content (AvgIpc) is 2.89. The quantitative estimate of drug-likeness (QED) is 0.851. The Morgan fingerprint density at radius 3 is 2.95 bits per heavy atom. The summed E-state index contributed by atoms with van der Waals surface area (Å²) in [6.07, 6.45) is 3.54. The Labute approximate surface area is 121 Å². The molecule has 1 aromatic carbocycles. The van der Waals surface area contributed by atoms with Crippen LogP contribution in [0.1, 0.15) is 28.1 Å². The molecule has 0 spiro atoms. The second-order valence-corrected chi connectivity index (χ2v) is 6.28. The molecule has 1 aliphatic carbocycles. The molecule has 3 nitrogen and oxygen atoms in total. The number of nitrogens with two attached hydrogens (primary N) is 1. The largest absolute Gasteiger partial charge is 0.389 e. The predicted molar refractivity (Wildman–Crippen MR) is 84.5 cm³/mol. The molecule has 0 saturated heterocycles. The maximum Gasteiger partial charge on any atom is 0.187 e. The van der Waals surface area contributed by atoms with Gasteiger partial charge in [0.1, 0.15) is 4.99 Å². The molecule has 0 radical (unpaired) electrons. The SMILES string of the molecule is Cc1cc(Nc2nc3c(s2)CCC3)ccc1C(N)=S. The smallest absolute Gasteiger partial charge is 0.187 e. The number of nitrogens with one attached hydrogen (secondary N) is 1. The van der Waals surface area contributed by atoms with E-state index < -0.39 is 0 Å². The molecule has 5 heteroatoms. The molecule has 3 N–H and O–H groups in total. The Morgan fingerprint density at radius 1 is 1.42 bits per heavy atom. The van der Waals surface area contributed by atoms with Crippen LogP contribution < -0.4 is 11.1 Å². The number of fused-ring (bicyclic) bond motifs is 1. The van der Waals surface area contributed by atoms with Gasteiger partial charge in [-0.05, 0) is 49.9 Å². The van der Waals surface area contributed by atoms with Gasteiger partial charge in [-0.25, -0.2) is 4.98 Å². The molecule has 98 valence electrons. The maximum atomic E-state index is 5.67. The van der Waals surface area contributed by atoms with E-state index in [4.69, 9.17) is 18.0 Å². The van der Waals surface area contributed by atoms with Gasteiger partial charge in [0.15, 0.2) is 5.13 Å². The normalized spacial score (nSPS) is 13.3. The van der Waals surface area contributed by atoms with Crippen molar-refractivity contribution in [2.75, 3.05) is 5.32 Å². The fourth-order valence-electron chi connectivity index (χ4n) is 2.39. The minimum atomic E-state index is 0.442. The standard InChI is InChI=1S/C14H15N3S2/c1-8-7-9(5-6-10(8)13(15)18)16-14-17-11-3-2-4-12(11)19-14/h5-7H,2-4H2,1H3,(H2,15,18)(H,16,17). The van der Waals surface area contributed by atoms with Crippen LogP contribution in [0.3, 0.4) is 0 Å². The van der Waals surface area contributed by atoms with E-state index in [0.29, 0.717) is 4.99 Å². The highest BCUT2D eigenvalue weighted by Gasteiger charge is 2.16. The molecule has 0 saturated carbocycles. The van der Waals surface area contributed by atoms with Crippen molar-refractivity contribution >= 4 is 39.4 Å². The lowest BCUT2D eigenvalue weighted by Gasteiger charge is -2.07. The fourth-order valence-corrected chi connectivity index (χ4v) is 3.68. The third-order valence-electron chi connectivity index (χ3n) is 3.34. The van der Waals surface area contributed by atoms with Crippen LogP contribution in [0.5, 0.6) is 0 Å². The van der Waals surface area contributed by atoms with E-state index in [1.54, 1.807) is 11.3 Å². The van der Waals surface area contributed by atoms with Crippen LogP contribution in [0.4, 0.5) is 10.8 Å². The van der Waals surface area contributed by atoms with Gasteiger partial charge >= 0.3 is 0 Å². The van der Waals surface area contributed by atoms with E-state index in [9.17, 15) is 0 Å². The van der Waals surface area contributed by atoms with Crippen molar-refractivity contribution in [1.29, 1.82) is 0 Å². The van der Waals surface area contributed by atoms with E-state index in [2.05, 4.69) is 16.4 Å². The minimum Gasteiger partial charge on any atom is -0.389 e. The minimum absolute atomic E-state index is 0.442. The topological polar surface area (TPSA) is 50.9 Å². The first-order chi connectivity index (χ1) is 9.13. The zero-order valence-corrected chi connectivity index (χ0v) is 12.3. The van der Waals surface area contributed by atoms with Gasteiger partial charge in [0.2, 0.25) is 0 Å². The number of nitrogens with zero attached hydrogens (tertiary/aromatic N) is 1. The average molecular weight is 289 g/mol. The summed E-state index contributed by atoms with van der Waals surface area (Å²) >= 11 is 6.77. The summed E-state index contributed by atoms with van der Waals surface area (Å²) in [6.45, 7) is 2.02. The van der Waals surface area contributed by atoms with Crippen molar-refractivity contribution in [1.82, 2.24) is 4.98 Å². The molecule has 1 aromatic heterocycles. The lowest BCUT2D eigenvalue weighted by molar-refractivity contribution is 0.900. The summed E-state index contributed by atoms with van der Waals surface area (Å²) in [5.74, 6) is 0. The monoisotopic (exact) mass is 289 g/mol. The highest BCUT2D eigenvalue weighted by atomic mass is 32.1. The van der Waals surface area contributed by atoms with E-state index in [-0.39, 0.29) is 0 Å². The molecule has 19 heavy (non-hydrogen) atoms. The number of thiocarbonyl (C=S) groups is 1. The number of rotatable bonds is 3. The molecule has 0 bridgehead atoms. The maximum absolute atomic E-state index is 5.67. The number of benzene rings is 1. The number of thiazole rings is 1.